The van der Waals surface area contributed by atoms with Gasteiger partial charge in [-0.1, -0.05) is 17.7 Å². The first-order chi connectivity index (χ1) is 15.4. The maximum absolute atomic E-state index is 13.8. The minimum atomic E-state index is -0.347. The lowest BCUT2D eigenvalue weighted by Gasteiger charge is -2.36. The van der Waals surface area contributed by atoms with E-state index in [1.54, 1.807) is 12.1 Å². The van der Waals surface area contributed by atoms with Crippen LogP contribution in [-0.4, -0.2) is 55.0 Å². The third kappa shape index (κ3) is 4.20. The standard InChI is InChI=1S/C25H30N4O3.ClH/c1-17-6-8-21-19(14-17)20-16-26(2)13-10-22(20)28(21)25(30)18-7-9-23(24(15-18)29(31)32)27-11-4-3-5-12-27;/h6-9,14-15,20,22H,3-5,10-13,16H2,1-2H3;1H. The van der Waals surface area contributed by atoms with Gasteiger partial charge >= 0.3 is 0 Å². The number of anilines is 2. The van der Waals surface area contributed by atoms with Crippen LogP contribution < -0.4 is 9.80 Å². The van der Waals surface area contributed by atoms with Crippen molar-refractivity contribution in [2.45, 2.75) is 44.6 Å². The summed E-state index contributed by atoms with van der Waals surface area (Å²) in [7, 11) is 2.12. The Morgan fingerprint density at radius 2 is 1.76 bits per heavy atom. The molecule has 176 valence electrons. The Labute approximate surface area is 200 Å². The van der Waals surface area contributed by atoms with Crippen LogP contribution in [0, 0.1) is 17.0 Å². The largest absolute Gasteiger partial charge is 0.366 e. The maximum atomic E-state index is 13.8. The number of hydrogen-bond donors (Lipinski definition) is 0. The Bertz CT molecular complexity index is 1070. The molecule has 0 radical (unpaired) electrons. The SMILES string of the molecule is Cc1ccc2c(c1)C1CN(C)CCC1N2C(=O)c1ccc(N2CCCCC2)c([N+](=O)[O-])c1.Cl. The molecule has 2 aromatic rings. The van der Waals surface area contributed by atoms with E-state index < -0.39 is 0 Å². The van der Waals surface area contributed by atoms with Crippen molar-refractivity contribution < 1.29 is 9.72 Å². The van der Waals surface area contributed by atoms with Crippen LogP contribution in [0.15, 0.2) is 36.4 Å². The third-order valence-electron chi connectivity index (χ3n) is 7.29. The second kappa shape index (κ2) is 9.31. The first-order valence-corrected chi connectivity index (χ1v) is 11.6. The van der Waals surface area contributed by atoms with Crippen LogP contribution in [0.25, 0.3) is 0 Å². The van der Waals surface area contributed by atoms with Crippen molar-refractivity contribution in [3.8, 4) is 0 Å². The number of piperidine rings is 2. The highest BCUT2D eigenvalue weighted by molar-refractivity contribution is 6.09. The van der Waals surface area contributed by atoms with E-state index >= 15 is 0 Å². The van der Waals surface area contributed by atoms with Crippen LogP contribution in [-0.2, 0) is 0 Å². The second-order valence-corrected chi connectivity index (χ2v) is 9.47. The molecule has 2 aromatic carbocycles. The van der Waals surface area contributed by atoms with Crippen LogP contribution in [0.1, 0.15) is 53.1 Å². The van der Waals surface area contributed by atoms with E-state index in [0.717, 1.165) is 57.5 Å². The van der Waals surface area contributed by atoms with Crippen molar-refractivity contribution in [1.29, 1.82) is 0 Å². The highest BCUT2D eigenvalue weighted by Crippen LogP contribution is 2.46. The lowest BCUT2D eigenvalue weighted by molar-refractivity contribution is -0.384. The molecule has 2 unspecified atom stereocenters. The van der Waals surface area contributed by atoms with Gasteiger partial charge in [0.2, 0.25) is 0 Å². The van der Waals surface area contributed by atoms with Crippen LogP contribution in [0.3, 0.4) is 0 Å². The van der Waals surface area contributed by atoms with E-state index in [0.29, 0.717) is 11.3 Å². The zero-order valence-corrected chi connectivity index (χ0v) is 20.0. The molecule has 5 rings (SSSR count). The van der Waals surface area contributed by atoms with Gasteiger partial charge in [0.25, 0.3) is 11.6 Å². The molecule has 0 aromatic heterocycles. The summed E-state index contributed by atoms with van der Waals surface area (Å²) in [4.78, 5) is 31.6. The molecule has 0 bridgehead atoms. The number of hydrogen-bond acceptors (Lipinski definition) is 5. The fourth-order valence-electron chi connectivity index (χ4n) is 5.69. The van der Waals surface area contributed by atoms with Gasteiger partial charge in [-0.25, -0.2) is 0 Å². The number of benzene rings is 2. The van der Waals surface area contributed by atoms with Crippen LogP contribution in [0.5, 0.6) is 0 Å². The quantitative estimate of drug-likeness (QED) is 0.477. The zero-order valence-electron chi connectivity index (χ0n) is 19.2. The molecule has 1 amide bonds. The molecule has 33 heavy (non-hydrogen) atoms. The summed E-state index contributed by atoms with van der Waals surface area (Å²) in [6.07, 6.45) is 4.14. The van der Waals surface area contributed by atoms with E-state index in [2.05, 4.69) is 29.8 Å². The lowest BCUT2D eigenvalue weighted by Crippen LogP contribution is -2.47. The van der Waals surface area contributed by atoms with Crippen molar-refractivity contribution in [3.63, 3.8) is 0 Å². The van der Waals surface area contributed by atoms with Gasteiger partial charge in [-0.05, 0) is 70.0 Å². The number of amides is 1. The van der Waals surface area contributed by atoms with E-state index in [-0.39, 0.29) is 40.9 Å². The monoisotopic (exact) mass is 470 g/mol. The Hall–Kier alpha value is -2.64. The van der Waals surface area contributed by atoms with Gasteiger partial charge in [-0.3, -0.25) is 14.9 Å². The number of rotatable bonds is 3. The van der Waals surface area contributed by atoms with Crippen LogP contribution >= 0.6 is 12.4 Å². The van der Waals surface area contributed by atoms with Gasteiger partial charge < -0.3 is 14.7 Å². The first kappa shape index (κ1) is 23.5. The number of nitro groups is 1. The molecule has 0 spiro atoms. The topological polar surface area (TPSA) is 69.9 Å². The number of fused-ring (bicyclic) bond motifs is 3. The summed E-state index contributed by atoms with van der Waals surface area (Å²) in [5.41, 5.74) is 4.40. The molecule has 2 atom stereocenters. The number of nitrogens with zero attached hydrogens (tertiary/aromatic N) is 4. The number of likely N-dealkylation sites (N-methyl/N-ethyl adjacent to an activating group) is 1. The Balaban J connectivity index is 0.00000259. The van der Waals surface area contributed by atoms with E-state index in [9.17, 15) is 14.9 Å². The molecule has 3 aliphatic heterocycles. The summed E-state index contributed by atoms with van der Waals surface area (Å²) in [6, 6.07) is 11.4. The highest BCUT2D eigenvalue weighted by atomic mass is 35.5. The summed E-state index contributed by atoms with van der Waals surface area (Å²) >= 11 is 0. The van der Waals surface area contributed by atoms with Gasteiger partial charge in [-0.2, -0.15) is 0 Å². The Kier molecular flexibility index (Phi) is 6.64. The predicted molar refractivity (Wildman–Crippen MR) is 133 cm³/mol. The molecule has 7 nitrogen and oxygen atoms in total. The van der Waals surface area contributed by atoms with Crippen molar-refractivity contribution in [3.05, 3.63) is 63.2 Å². The van der Waals surface area contributed by atoms with Crippen molar-refractivity contribution in [1.82, 2.24) is 4.90 Å². The van der Waals surface area contributed by atoms with Gasteiger partial charge in [-0.15, -0.1) is 12.4 Å². The zero-order chi connectivity index (χ0) is 22.4. The van der Waals surface area contributed by atoms with Crippen molar-refractivity contribution in [2.75, 3.05) is 43.0 Å². The van der Waals surface area contributed by atoms with E-state index in [1.807, 2.05) is 17.0 Å². The molecule has 0 aliphatic carbocycles. The number of aryl methyl sites for hydroxylation is 1. The average Bonchev–Trinajstić information content (AvgIpc) is 3.11. The Morgan fingerprint density at radius 1 is 1.03 bits per heavy atom. The average molecular weight is 471 g/mol. The molecular weight excluding hydrogens is 440 g/mol. The minimum Gasteiger partial charge on any atom is -0.366 e. The van der Waals surface area contributed by atoms with E-state index in [1.165, 1.54) is 17.2 Å². The highest BCUT2D eigenvalue weighted by Gasteiger charge is 2.44. The molecular formula is C25H31ClN4O3. The lowest BCUT2D eigenvalue weighted by atomic mass is 9.88. The predicted octanol–water partition coefficient (Wildman–Crippen LogP) is 4.76. The van der Waals surface area contributed by atoms with Crippen molar-refractivity contribution in [2.24, 2.45) is 0 Å². The summed E-state index contributed by atoms with van der Waals surface area (Å²) in [5, 5.41) is 11.9. The number of nitro benzene ring substituents is 1. The summed E-state index contributed by atoms with van der Waals surface area (Å²) < 4.78 is 0. The normalized spacial score (nSPS) is 22.4. The number of carbonyl (C=O) groups is 1. The third-order valence-corrected chi connectivity index (χ3v) is 7.29. The fraction of sp³-hybridized carbons (Fsp3) is 0.480. The second-order valence-electron chi connectivity index (χ2n) is 9.47. The van der Waals surface area contributed by atoms with Crippen LogP contribution in [0.2, 0.25) is 0 Å². The van der Waals surface area contributed by atoms with Crippen LogP contribution in [0.4, 0.5) is 17.1 Å². The molecule has 0 N–H and O–H groups in total. The summed E-state index contributed by atoms with van der Waals surface area (Å²) in [6.45, 7) is 5.58. The fourth-order valence-corrected chi connectivity index (χ4v) is 5.69. The van der Waals surface area contributed by atoms with Gasteiger partial charge in [0.15, 0.2) is 0 Å². The number of likely N-dealkylation sites (tertiary alicyclic amines) is 1. The molecule has 2 saturated heterocycles. The molecule has 8 heteroatoms. The number of carbonyl (C=O) groups excluding carboxylic acids is 1. The smallest absolute Gasteiger partial charge is 0.293 e. The molecule has 2 fully saturated rings. The molecule has 3 heterocycles. The summed E-state index contributed by atoms with van der Waals surface area (Å²) in [5.74, 6) is 0.135. The maximum Gasteiger partial charge on any atom is 0.293 e. The van der Waals surface area contributed by atoms with E-state index in [4.69, 9.17) is 0 Å². The van der Waals surface area contributed by atoms with Crippen molar-refractivity contribution >= 4 is 35.4 Å². The Morgan fingerprint density at radius 3 is 2.48 bits per heavy atom. The molecule has 0 saturated carbocycles. The van der Waals surface area contributed by atoms with Gasteiger partial charge in [0.05, 0.1) is 4.92 Å². The minimum absolute atomic E-state index is 0. The number of halogens is 1. The first-order valence-electron chi connectivity index (χ1n) is 11.6. The van der Waals surface area contributed by atoms with Gasteiger partial charge in [0.1, 0.15) is 5.69 Å². The van der Waals surface area contributed by atoms with Gasteiger partial charge in [0, 0.05) is 48.9 Å². The molecule has 3 aliphatic rings.